The first-order valence-corrected chi connectivity index (χ1v) is 9.44. The number of esters is 1. The summed E-state index contributed by atoms with van der Waals surface area (Å²) in [5.74, 6) is -0.335. The van der Waals surface area contributed by atoms with E-state index in [0.29, 0.717) is 21.4 Å². The summed E-state index contributed by atoms with van der Waals surface area (Å²) in [5, 5.41) is 3.97. The van der Waals surface area contributed by atoms with E-state index >= 15 is 0 Å². The normalized spacial score (nSPS) is 10.6. The number of methoxy groups -OCH3 is 3. The molecule has 3 aromatic rings. The number of amides is 1. The maximum atomic E-state index is 12.9. The smallest absolute Gasteiger partial charge is 0.340 e. The van der Waals surface area contributed by atoms with Crippen molar-refractivity contribution in [2.45, 2.75) is 6.92 Å². The van der Waals surface area contributed by atoms with Gasteiger partial charge in [0.1, 0.15) is 4.88 Å². The molecule has 0 bridgehead atoms. The van der Waals surface area contributed by atoms with Crippen molar-refractivity contribution in [1.82, 2.24) is 0 Å². The Hall–Kier alpha value is -2.77. The van der Waals surface area contributed by atoms with E-state index < -0.39 is 11.9 Å². The Balaban J connectivity index is 2.05. The molecule has 0 spiro atoms. The van der Waals surface area contributed by atoms with Crippen molar-refractivity contribution in [3.8, 4) is 11.5 Å². The molecule has 1 amide bonds. The van der Waals surface area contributed by atoms with Crippen LogP contribution in [-0.4, -0.2) is 33.2 Å². The Bertz CT molecular complexity index is 1080. The Morgan fingerprint density at radius 1 is 1.07 bits per heavy atom. The van der Waals surface area contributed by atoms with Crippen LogP contribution in [0, 0.1) is 6.92 Å². The van der Waals surface area contributed by atoms with Crippen LogP contribution in [-0.2, 0) is 4.74 Å². The van der Waals surface area contributed by atoms with Gasteiger partial charge in [-0.1, -0.05) is 23.7 Å². The van der Waals surface area contributed by atoms with Gasteiger partial charge >= 0.3 is 5.97 Å². The molecule has 146 valence electrons. The number of benzene rings is 2. The van der Waals surface area contributed by atoms with Gasteiger partial charge in [-0.15, -0.1) is 11.3 Å². The van der Waals surface area contributed by atoms with Gasteiger partial charge in [0.05, 0.1) is 37.6 Å². The first kappa shape index (κ1) is 20.0. The van der Waals surface area contributed by atoms with Crippen molar-refractivity contribution in [3.63, 3.8) is 0 Å². The van der Waals surface area contributed by atoms with Crippen LogP contribution in [0.1, 0.15) is 25.6 Å². The zero-order valence-electron chi connectivity index (χ0n) is 15.7. The van der Waals surface area contributed by atoms with Gasteiger partial charge in [0.15, 0.2) is 11.5 Å². The Morgan fingerprint density at radius 2 is 1.75 bits per heavy atom. The molecule has 6 nitrogen and oxygen atoms in total. The zero-order chi connectivity index (χ0) is 20.4. The molecule has 0 aliphatic rings. The molecule has 0 fully saturated rings. The molecule has 0 atom stereocenters. The molecule has 0 aliphatic heterocycles. The highest BCUT2D eigenvalue weighted by atomic mass is 35.5. The van der Waals surface area contributed by atoms with Crippen LogP contribution >= 0.6 is 22.9 Å². The number of thiophene rings is 1. The predicted octanol–water partition coefficient (Wildman–Crippen LogP) is 4.92. The fraction of sp³-hybridized carbons (Fsp3) is 0.200. The molecular weight excluding hydrogens is 402 g/mol. The molecule has 0 radical (unpaired) electrons. The maximum absolute atomic E-state index is 12.9. The molecule has 2 aromatic carbocycles. The Labute approximate surface area is 171 Å². The van der Waals surface area contributed by atoms with Crippen molar-refractivity contribution < 1.29 is 23.8 Å². The van der Waals surface area contributed by atoms with Crippen LogP contribution in [0.15, 0.2) is 30.3 Å². The summed E-state index contributed by atoms with van der Waals surface area (Å²) in [7, 11) is 4.18. The fourth-order valence-corrected chi connectivity index (χ4v) is 4.44. The maximum Gasteiger partial charge on any atom is 0.340 e. The van der Waals surface area contributed by atoms with Gasteiger partial charge in [-0.05, 0) is 18.6 Å². The van der Waals surface area contributed by atoms with Gasteiger partial charge in [-0.25, -0.2) is 4.79 Å². The van der Waals surface area contributed by atoms with E-state index in [1.54, 1.807) is 0 Å². The minimum absolute atomic E-state index is 0.141. The number of hydrogen-bond donors (Lipinski definition) is 1. The zero-order valence-corrected chi connectivity index (χ0v) is 17.3. The molecule has 1 N–H and O–H groups in total. The van der Waals surface area contributed by atoms with E-state index in [1.807, 2.05) is 25.1 Å². The average Bonchev–Trinajstić information content (AvgIpc) is 3.04. The first-order valence-electron chi connectivity index (χ1n) is 8.24. The number of rotatable bonds is 5. The molecule has 0 saturated heterocycles. The number of hydrogen-bond acceptors (Lipinski definition) is 6. The SMILES string of the molecule is COC(=O)c1cc(OC)c(OC)cc1NC(=O)c1sc2cccc(C)c2c1Cl. The van der Waals surface area contributed by atoms with E-state index in [-0.39, 0.29) is 11.3 Å². The number of carbonyl (C=O) groups is 2. The molecular formula is C20H18ClNO5S. The second-order valence-electron chi connectivity index (χ2n) is 5.89. The summed E-state index contributed by atoms with van der Waals surface area (Å²) >= 11 is 7.76. The largest absolute Gasteiger partial charge is 0.493 e. The monoisotopic (exact) mass is 419 g/mol. The van der Waals surface area contributed by atoms with Crippen molar-refractivity contribution >= 4 is 50.6 Å². The summed E-state index contributed by atoms with van der Waals surface area (Å²) in [6.07, 6.45) is 0. The van der Waals surface area contributed by atoms with Crippen LogP contribution in [0.3, 0.4) is 0 Å². The summed E-state index contributed by atoms with van der Waals surface area (Å²) < 4.78 is 16.2. The number of ether oxygens (including phenoxy) is 3. The molecule has 0 saturated carbocycles. The van der Waals surface area contributed by atoms with E-state index in [2.05, 4.69) is 5.32 Å². The van der Waals surface area contributed by atoms with E-state index in [1.165, 1.54) is 44.8 Å². The molecule has 3 rings (SSSR count). The number of halogens is 1. The molecule has 0 unspecified atom stereocenters. The van der Waals surface area contributed by atoms with Crippen LogP contribution < -0.4 is 14.8 Å². The van der Waals surface area contributed by atoms with E-state index in [4.69, 9.17) is 25.8 Å². The van der Waals surface area contributed by atoms with Gasteiger partial charge in [0.2, 0.25) is 0 Å². The van der Waals surface area contributed by atoms with Crippen LogP contribution in [0.2, 0.25) is 5.02 Å². The molecule has 0 aliphatic carbocycles. The lowest BCUT2D eigenvalue weighted by molar-refractivity contribution is 0.0601. The van der Waals surface area contributed by atoms with E-state index in [9.17, 15) is 9.59 Å². The molecule has 1 heterocycles. The summed E-state index contributed by atoms with van der Waals surface area (Å²) in [6.45, 7) is 1.94. The van der Waals surface area contributed by atoms with Gasteiger partial charge < -0.3 is 19.5 Å². The van der Waals surface area contributed by atoms with Gasteiger partial charge in [-0.3, -0.25) is 4.79 Å². The highest BCUT2D eigenvalue weighted by Crippen LogP contribution is 2.39. The predicted molar refractivity (Wildman–Crippen MR) is 110 cm³/mol. The van der Waals surface area contributed by atoms with Crippen molar-refractivity contribution in [1.29, 1.82) is 0 Å². The molecule has 28 heavy (non-hydrogen) atoms. The first-order chi connectivity index (χ1) is 13.4. The van der Waals surface area contributed by atoms with Crippen molar-refractivity contribution in [2.24, 2.45) is 0 Å². The highest BCUT2D eigenvalue weighted by Gasteiger charge is 2.23. The second kappa shape index (κ2) is 8.08. The minimum atomic E-state index is -0.616. The number of fused-ring (bicyclic) bond motifs is 1. The topological polar surface area (TPSA) is 73.9 Å². The lowest BCUT2D eigenvalue weighted by Crippen LogP contribution is -2.15. The third kappa shape index (κ3) is 3.50. The van der Waals surface area contributed by atoms with Crippen molar-refractivity contribution in [2.75, 3.05) is 26.6 Å². The van der Waals surface area contributed by atoms with Crippen LogP contribution in [0.25, 0.3) is 10.1 Å². The minimum Gasteiger partial charge on any atom is -0.493 e. The summed E-state index contributed by atoms with van der Waals surface area (Å²) in [4.78, 5) is 25.5. The van der Waals surface area contributed by atoms with Crippen LogP contribution in [0.4, 0.5) is 5.69 Å². The standard InChI is InChI=1S/C20H18ClNO5S/c1-10-6-5-7-15-16(10)17(21)18(28-15)19(23)22-12-9-14(26-3)13(25-2)8-11(12)20(24)27-4/h5-9H,1-4H3,(H,22,23). The number of nitrogens with one attached hydrogen (secondary N) is 1. The lowest BCUT2D eigenvalue weighted by atomic mass is 10.1. The van der Waals surface area contributed by atoms with Gasteiger partial charge in [-0.2, -0.15) is 0 Å². The molecule has 8 heteroatoms. The lowest BCUT2D eigenvalue weighted by Gasteiger charge is -2.14. The number of anilines is 1. The fourth-order valence-electron chi connectivity index (χ4n) is 2.86. The Kier molecular flexibility index (Phi) is 5.76. The number of carbonyl (C=O) groups excluding carboxylic acids is 2. The number of aryl methyl sites for hydroxylation is 1. The van der Waals surface area contributed by atoms with Crippen LogP contribution in [0.5, 0.6) is 11.5 Å². The van der Waals surface area contributed by atoms with E-state index in [0.717, 1.165) is 15.6 Å². The van der Waals surface area contributed by atoms with Crippen molar-refractivity contribution in [3.05, 3.63) is 51.4 Å². The average molecular weight is 420 g/mol. The van der Waals surface area contributed by atoms with Gasteiger partial charge in [0, 0.05) is 22.2 Å². The third-order valence-electron chi connectivity index (χ3n) is 4.25. The third-order valence-corrected chi connectivity index (χ3v) is 5.89. The summed E-state index contributed by atoms with van der Waals surface area (Å²) in [5.41, 5.74) is 1.36. The quantitative estimate of drug-likeness (QED) is 0.594. The second-order valence-corrected chi connectivity index (χ2v) is 7.32. The molecule has 1 aromatic heterocycles. The summed E-state index contributed by atoms with van der Waals surface area (Å²) in [6, 6.07) is 8.72. The highest BCUT2D eigenvalue weighted by molar-refractivity contribution is 7.21. The van der Waals surface area contributed by atoms with Gasteiger partial charge in [0.25, 0.3) is 5.91 Å². The Morgan fingerprint density at radius 3 is 2.36 bits per heavy atom.